The summed E-state index contributed by atoms with van der Waals surface area (Å²) in [6, 6.07) is 0. The fourth-order valence-electron chi connectivity index (χ4n) is 11.4. The highest BCUT2D eigenvalue weighted by Gasteiger charge is 2.72. The molecule has 0 saturated heterocycles. The Kier molecular flexibility index (Phi) is 9.58. The molecule has 47 heavy (non-hydrogen) atoms. The maximum atomic E-state index is 13.4. The van der Waals surface area contributed by atoms with Crippen molar-refractivity contribution in [2.24, 2.45) is 44.8 Å². The van der Waals surface area contributed by atoms with Gasteiger partial charge in [0.15, 0.2) is 12.2 Å². The Morgan fingerprint density at radius 2 is 1.49 bits per heavy atom. The lowest BCUT2D eigenvalue weighted by atomic mass is 9.33. The highest BCUT2D eigenvalue weighted by molar-refractivity contribution is 7.81. The van der Waals surface area contributed by atoms with Crippen molar-refractivity contribution in [3.63, 3.8) is 0 Å². The molecule has 0 aromatic heterocycles. The van der Waals surface area contributed by atoms with Crippen LogP contribution in [0.2, 0.25) is 0 Å². The van der Waals surface area contributed by atoms with Crippen LogP contribution >= 0.6 is 12.6 Å². The Hall–Kier alpha value is -1.65. The molecule has 8 nitrogen and oxygen atoms in total. The molecule has 4 saturated carbocycles. The topological polar surface area (TPSA) is 134 Å². The Morgan fingerprint density at radius 3 is 2.04 bits per heavy atom. The summed E-state index contributed by atoms with van der Waals surface area (Å²) in [6.07, 6.45) is 8.17. The van der Waals surface area contributed by atoms with Crippen LogP contribution in [-0.2, 0) is 19.1 Å². The van der Waals surface area contributed by atoms with Crippen molar-refractivity contribution in [3.05, 3.63) is 34.9 Å². The van der Waals surface area contributed by atoms with E-state index in [1.54, 1.807) is 39.8 Å². The van der Waals surface area contributed by atoms with E-state index in [0.717, 1.165) is 37.7 Å². The van der Waals surface area contributed by atoms with E-state index in [2.05, 4.69) is 33.8 Å². The number of rotatable bonds is 6. The molecule has 5 rings (SSSR count). The first-order valence-electron chi connectivity index (χ1n) is 17.6. The van der Waals surface area contributed by atoms with Gasteiger partial charge in [-0.2, -0.15) is 0 Å². The van der Waals surface area contributed by atoms with Gasteiger partial charge in [-0.15, -0.1) is 12.6 Å². The van der Waals surface area contributed by atoms with Crippen molar-refractivity contribution in [2.45, 2.75) is 130 Å². The summed E-state index contributed by atoms with van der Waals surface area (Å²) in [5.41, 5.74) is -0.168. The monoisotopic (exact) mass is 674 g/mol. The van der Waals surface area contributed by atoms with Crippen LogP contribution < -0.4 is 0 Å². The molecule has 264 valence electrons. The number of hydrogen-bond acceptors (Lipinski definition) is 9. The van der Waals surface area contributed by atoms with Gasteiger partial charge in [0, 0.05) is 22.0 Å². The summed E-state index contributed by atoms with van der Waals surface area (Å²) >= 11 is 4.74. The van der Waals surface area contributed by atoms with Gasteiger partial charge in [0.2, 0.25) is 0 Å². The number of allylic oxidation sites excluding steroid dienone is 4. The molecule has 9 heteroatoms. The van der Waals surface area contributed by atoms with Crippen molar-refractivity contribution in [3.8, 4) is 0 Å². The van der Waals surface area contributed by atoms with E-state index < -0.39 is 46.0 Å². The Morgan fingerprint density at radius 1 is 0.894 bits per heavy atom. The molecule has 12 atom stereocenters. The second-order valence-corrected chi connectivity index (χ2v) is 17.4. The lowest BCUT2D eigenvalue weighted by molar-refractivity contribution is -0.243. The minimum absolute atomic E-state index is 0.0377. The van der Waals surface area contributed by atoms with Gasteiger partial charge in [0.1, 0.15) is 4.93 Å². The molecule has 3 unspecified atom stereocenters. The van der Waals surface area contributed by atoms with Gasteiger partial charge in [-0.3, -0.25) is 0 Å². The largest absolute Gasteiger partial charge is 0.454 e. The van der Waals surface area contributed by atoms with E-state index in [-0.39, 0.29) is 47.7 Å². The number of aliphatic hydroxyl groups excluding tert-OH is 3. The van der Waals surface area contributed by atoms with E-state index in [4.69, 9.17) is 22.1 Å². The first-order chi connectivity index (χ1) is 21.9. The molecule has 0 bridgehead atoms. The fourth-order valence-corrected chi connectivity index (χ4v) is 11.7. The molecular weight excluding hydrogens is 616 g/mol. The molecule has 0 aromatic rings. The van der Waals surface area contributed by atoms with Crippen LogP contribution in [0.5, 0.6) is 0 Å². The maximum absolute atomic E-state index is 13.4. The average molecular weight is 675 g/mol. The van der Waals surface area contributed by atoms with Gasteiger partial charge in [-0.25, -0.2) is 9.59 Å². The molecule has 0 heterocycles. The zero-order valence-corrected chi connectivity index (χ0v) is 30.5. The molecule has 4 N–H and O–H groups in total. The zero-order chi connectivity index (χ0) is 35.0. The molecular formula is C38H58O8S. The summed E-state index contributed by atoms with van der Waals surface area (Å²) in [4.78, 5) is 24.7. The highest BCUT2D eigenvalue weighted by atomic mass is 32.1. The number of fused-ring (bicyclic) bond motifs is 7. The molecule has 0 amide bonds. The predicted octanol–water partition coefficient (Wildman–Crippen LogP) is 5.68. The van der Waals surface area contributed by atoms with Crippen LogP contribution in [0.1, 0.15) is 107 Å². The van der Waals surface area contributed by atoms with Crippen molar-refractivity contribution in [1.82, 2.24) is 0 Å². The van der Waals surface area contributed by atoms with E-state index in [0.29, 0.717) is 29.9 Å². The SMILES string of the molecule is C/C=C(/C)C(=O)O[C@H]1[C@H](OC(=O)/C(C)=C\C)[C@@](O)(S)CC2C3=CCC4[C@@]5(C)CC[C@H](O)[C@](C)(CO)C5CC[C@@]4(C)[C@]3(C)CC[C@]21CO. The smallest absolute Gasteiger partial charge is 0.333 e. The summed E-state index contributed by atoms with van der Waals surface area (Å²) in [5.74, 6) is -1.11. The summed E-state index contributed by atoms with van der Waals surface area (Å²) < 4.78 is 12.1. The maximum Gasteiger partial charge on any atom is 0.333 e. The van der Waals surface area contributed by atoms with Gasteiger partial charge in [0.25, 0.3) is 0 Å². The second-order valence-electron chi connectivity index (χ2n) is 16.6. The quantitative estimate of drug-likeness (QED) is 0.0799. The third-order valence-electron chi connectivity index (χ3n) is 14.9. The average Bonchev–Trinajstić information content (AvgIpc) is 3.03. The molecule has 0 spiro atoms. The highest BCUT2D eigenvalue weighted by Crippen LogP contribution is 2.75. The van der Waals surface area contributed by atoms with Crippen LogP contribution in [0.25, 0.3) is 0 Å². The van der Waals surface area contributed by atoms with Crippen molar-refractivity contribution < 1.29 is 39.5 Å². The molecule has 4 fully saturated rings. The number of aliphatic hydroxyl groups is 4. The van der Waals surface area contributed by atoms with Crippen LogP contribution in [0.4, 0.5) is 0 Å². The summed E-state index contributed by atoms with van der Waals surface area (Å²) in [5, 5.41) is 45.1. The molecule has 0 radical (unpaired) electrons. The van der Waals surface area contributed by atoms with Crippen LogP contribution in [0.3, 0.4) is 0 Å². The molecule has 0 aromatic carbocycles. The molecule has 5 aliphatic carbocycles. The fraction of sp³-hybridized carbons (Fsp3) is 0.789. The van der Waals surface area contributed by atoms with Crippen LogP contribution in [0, 0.1) is 44.8 Å². The lowest BCUT2D eigenvalue weighted by Crippen LogP contribution is -2.70. The van der Waals surface area contributed by atoms with E-state index in [1.807, 2.05) is 0 Å². The second kappa shape index (κ2) is 12.3. The van der Waals surface area contributed by atoms with Crippen LogP contribution in [-0.4, -0.2) is 68.8 Å². The van der Waals surface area contributed by atoms with E-state index in [1.165, 1.54) is 0 Å². The van der Waals surface area contributed by atoms with Crippen molar-refractivity contribution in [1.29, 1.82) is 0 Å². The van der Waals surface area contributed by atoms with E-state index in [9.17, 15) is 30.0 Å². The lowest BCUT2D eigenvalue weighted by Gasteiger charge is -2.71. The number of esters is 2. The normalized spacial score (nSPS) is 48.2. The third-order valence-corrected chi connectivity index (χ3v) is 15.3. The van der Waals surface area contributed by atoms with Crippen molar-refractivity contribution >= 4 is 24.6 Å². The Labute approximate surface area is 286 Å². The number of thiol groups is 1. The van der Waals surface area contributed by atoms with Gasteiger partial charge in [-0.05, 0) is 113 Å². The van der Waals surface area contributed by atoms with Crippen LogP contribution in [0.15, 0.2) is 34.9 Å². The zero-order valence-electron chi connectivity index (χ0n) is 29.6. The van der Waals surface area contributed by atoms with Gasteiger partial charge in [-0.1, -0.05) is 51.5 Å². The van der Waals surface area contributed by atoms with Gasteiger partial charge >= 0.3 is 11.9 Å². The number of ether oxygens (including phenoxy) is 2. The minimum atomic E-state index is -1.84. The number of carbonyl (C=O) groups excluding carboxylic acids is 2. The third kappa shape index (κ3) is 5.14. The summed E-state index contributed by atoms with van der Waals surface area (Å²) in [6.45, 7) is 15.6. The minimum Gasteiger partial charge on any atom is -0.454 e. The first kappa shape index (κ1) is 36.6. The molecule has 0 aliphatic heterocycles. The van der Waals surface area contributed by atoms with Gasteiger partial charge < -0.3 is 29.9 Å². The Bertz CT molecular complexity index is 1370. The van der Waals surface area contributed by atoms with Crippen molar-refractivity contribution in [2.75, 3.05) is 13.2 Å². The summed E-state index contributed by atoms with van der Waals surface area (Å²) in [7, 11) is 0. The Balaban J connectivity index is 1.61. The first-order valence-corrected chi connectivity index (χ1v) is 18.0. The standard InChI is InChI=1S/C38H58O8S/c1-9-22(3)31(42)45-29-30(46-32(43)23(4)10-2)38(44,47)19-25-24-11-12-27-33(5)15-14-28(41)34(6,20-39)26(33)13-16-36(27,8)35(24,7)17-18-37(25,29)21-40/h9-11,25-30,39-41,44,47H,12-21H2,1-8H3/b22-9-,23-10-/t25?,26?,27?,28-,29-,30-,33-,34+,35+,36+,37-,38-/m0/s1. The van der Waals surface area contributed by atoms with E-state index >= 15 is 0 Å². The number of hydrogen-bond donors (Lipinski definition) is 5. The molecule has 5 aliphatic rings. The predicted molar refractivity (Wildman–Crippen MR) is 183 cm³/mol. The van der Waals surface area contributed by atoms with Gasteiger partial charge in [0.05, 0.1) is 19.3 Å². The number of carbonyl (C=O) groups is 2.